The number of halogens is 1. The van der Waals surface area contributed by atoms with Crippen molar-refractivity contribution in [3.05, 3.63) is 29.1 Å². The summed E-state index contributed by atoms with van der Waals surface area (Å²) in [5.74, 6) is -0.130. The van der Waals surface area contributed by atoms with Gasteiger partial charge in [0.25, 0.3) is 5.91 Å². The molecule has 1 aliphatic rings. The fourth-order valence-electron chi connectivity index (χ4n) is 3.53. The van der Waals surface area contributed by atoms with Crippen molar-refractivity contribution in [3.63, 3.8) is 0 Å². The predicted octanol–water partition coefficient (Wildman–Crippen LogP) is 4.60. The van der Waals surface area contributed by atoms with Crippen molar-refractivity contribution in [2.45, 2.75) is 46.2 Å². The van der Waals surface area contributed by atoms with Crippen LogP contribution in [0.1, 0.15) is 37.8 Å². The number of anilines is 1. The molecular formula is C17H26FNOPY+. The summed E-state index contributed by atoms with van der Waals surface area (Å²) in [6.07, 6.45) is 6.20. The van der Waals surface area contributed by atoms with Crippen molar-refractivity contribution < 1.29 is 41.9 Å². The van der Waals surface area contributed by atoms with Crippen LogP contribution in [0.2, 0.25) is 0 Å². The molecule has 5 heteroatoms. The summed E-state index contributed by atoms with van der Waals surface area (Å²) in [6, 6.07) is 2.96. The van der Waals surface area contributed by atoms with E-state index in [1.165, 1.54) is 37.3 Å². The van der Waals surface area contributed by atoms with Crippen LogP contribution in [0.4, 0.5) is 10.1 Å². The van der Waals surface area contributed by atoms with Crippen molar-refractivity contribution in [3.8, 4) is 0 Å². The Bertz CT molecular complexity index is 520. The molecule has 22 heavy (non-hydrogen) atoms. The molecule has 0 bridgehead atoms. The molecular weight excluding hydrogens is 373 g/mol. The smallest absolute Gasteiger partial charge is 0.264 e. The van der Waals surface area contributed by atoms with Crippen molar-refractivity contribution >= 4 is 18.9 Å². The summed E-state index contributed by atoms with van der Waals surface area (Å²) in [6.45, 7) is 8.01. The molecule has 1 heterocycles. The predicted molar refractivity (Wildman–Crippen MR) is 90.4 cm³/mol. The van der Waals surface area contributed by atoms with Crippen LogP contribution < -0.4 is 5.32 Å². The van der Waals surface area contributed by atoms with Gasteiger partial charge in [-0.2, -0.15) is 0 Å². The van der Waals surface area contributed by atoms with Gasteiger partial charge in [-0.25, -0.2) is 4.39 Å². The van der Waals surface area contributed by atoms with Crippen LogP contribution in [0.3, 0.4) is 0 Å². The quantitative estimate of drug-likeness (QED) is 0.737. The summed E-state index contributed by atoms with van der Waals surface area (Å²) in [5, 5.41) is 3.06. The van der Waals surface area contributed by atoms with Crippen LogP contribution in [-0.2, 0) is 37.5 Å². The number of hydrogen-bond donors (Lipinski definition) is 1. The van der Waals surface area contributed by atoms with Gasteiger partial charge in [-0.05, 0) is 63.8 Å². The Hall–Kier alpha value is 0.154. The van der Waals surface area contributed by atoms with E-state index in [0.717, 1.165) is 23.0 Å². The zero-order valence-electron chi connectivity index (χ0n) is 14.1. The van der Waals surface area contributed by atoms with E-state index < -0.39 is 7.26 Å². The molecule has 1 aromatic rings. The Morgan fingerprint density at radius 1 is 1.27 bits per heavy atom. The second-order valence-corrected chi connectivity index (χ2v) is 11.0. The van der Waals surface area contributed by atoms with Crippen LogP contribution >= 0.6 is 7.26 Å². The van der Waals surface area contributed by atoms with E-state index in [9.17, 15) is 9.18 Å². The Kier molecular flexibility index (Phi) is 7.63. The number of benzene rings is 1. The van der Waals surface area contributed by atoms with Gasteiger partial charge < -0.3 is 5.32 Å². The summed E-state index contributed by atoms with van der Waals surface area (Å²) >= 11 is 0. The number of hydrogen-bond acceptors (Lipinski definition) is 1. The molecule has 2 rings (SSSR count). The molecule has 0 spiro atoms. The molecule has 1 fully saturated rings. The van der Waals surface area contributed by atoms with E-state index in [1.54, 1.807) is 0 Å². The van der Waals surface area contributed by atoms with E-state index >= 15 is 0 Å². The van der Waals surface area contributed by atoms with Gasteiger partial charge in [0.05, 0.1) is 18.5 Å². The molecule has 0 aliphatic carbocycles. The molecule has 1 atom stereocenters. The third kappa shape index (κ3) is 4.16. The first-order valence-electron chi connectivity index (χ1n) is 7.83. The molecule has 2 nitrogen and oxygen atoms in total. The first-order valence-corrected chi connectivity index (χ1v) is 10.2. The van der Waals surface area contributed by atoms with Gasteiger partial charge in [0.2, 0.25) is 0 Å². The van der Waals surface area contributed by atoms with Crippen molar-refractivity contribution in [2.75, 3.05) is 23.8 Å². The molecule has 1 amide bonds. The number of rotatable bonds is 4. The van der Waals surface area contributed by atoms with E-state index in [2.05, 4.69) is 19.2 Å². The van der Waals surface area contributed by atoms with Crippen LogP contribution in [0.25, 0.3) is 0 Å². The Morgan fingerprint density at radius 2 is 1.77 bits per heavy atom. The van der Waals surface area contributed by atoms with Crippen molar-refractivity contribution in [1.82, 2.24) is 0 Å². The maximum Gasteiger partial charge on any atom is 0.264 e. The average Bonchev–Trinajstić information content (AvgIpc) is 2.91. The summed E-state index contributed by atoms with van der Waals surface area (Å²) in [4.78, 5) is 12.7. The first kappa shape index (κ1) is 20.2. The molecule has 1 aliphatic heterocycles. The third-order valence-corrected chi connectivity index (χ3v) is 10.6. The van der Waals surface area contributed by atoms with Gasteiger partial charge >= 0.3 is 0 Å². The maximum absolute atomic E-state index is 13.4. The van der Waals surface area contributed by atoms with Crippen LogP contribution in [0, 0.1) is 19.7 Å². The second-order valence-electron chi connectivity index (χ2n) is 6.27. The van der Waals surface area contributed by atoms with E-state index in [-0.39, 0.29) is 50.1 Å². The molecule has 1 saturated heterocycles. The minimum Gasteiger partial charge on any atom is -0.322 e. The topological polar surface area (TPSA) is 29.1 Å². The zero-order valence-corrected chi connectivity index (χ0v) is 17.8. The van der Waals surface area contributed by atoms with Crippen molar-refractivity contribution in [2.24, 2.45) is 0 Å². The summed E-state index contributed by atoms with van der Waals surface area (Å²) in [5.41, 5.74) is 2.47. The molecule has 1 N–H and O–H groups in total. The summed E-state index contributed by atoms with van der Waals surface area (Å²) < 4.78 is 13.4. The number of nitrogens with one attached hydrogen (secondary N) is 1. The largest absolute Gasteiger partial charge is 0.322 e. The Balaban J connectivity index is 0.00000242. The van der Waals surface area contributed by atoms with Gasteiger partial charge in [-0.15, -0.1) is 0 Å². The SMILES string of the molecule is CC[P+]1(C(C)C(=O)Nc2c(C)cc(F)cc2C)CCCC1.[Y]. The molecule has 0 saturated carbocycles. The Labute approximate surface area is 159 Å². The first-order chi connectivity index (χ1) is 9.89. The van der Waals surface area contributed by atoms with Gasteiger partial charge in [-0.3, -0.25) is 4.79 Å². The van der Waals surface area contributed by atoms with Gasteiger partial charge in [0.1, 0.15) is 11.5 Å². The standard InChI is InChI=1S/C17H25FNOP.Y/c1-5-21(8-6-7-9-21)14(4)17(20)19-16-12(2)10-15(18)11-13(16)3;/h10-11,14H,5-9H2,1-4H3;/p+1. The minimum atomic E-state index is -1.14. The van der Waals surface area contributed by atoms with Gasteiger partial charge in [0.15, 0.2) is 0 Å². The molecule has 0 aromatic heterocycles. The van der Waals surface area contributed by atoms with Gasteiger partial charge in [-0.1, -0.05) is 0 Å². The molecule has 1 unspecified atom stereocenters. The molecule has 119 valence electrons. The molecule has 1 radical (unpaired) electrons. The minimum absolute atomic E-state index is 0. The fraction of sp³-hybridized carbons (Fsp3) is 0.588. The van der Waals surface area contributed by atoms with E-state index in [1.807, 2.05) is 13.8 Å². The van der Waals surface area contributed by atoms with Crippen LogP contribution in [0.5, 0.6) is 0 Å². The van der Waals surface area contributed by atoms with E-state index in [0.29, 0.717) is 0 Å². The summed E-state index contributed by atoms with van der Waals surface area (Å²) in [7, 11) is -1.14. The fourth-order valence-corrected chi connectivity index (χ4v) is 7.97. The maximum atomic E-state index is 13.4. The number of aryl methyl sites for hydroxylation is 2. The van der Waals surface area contributed by atoms with Crippen molar-refractivity contribution in [1.29, 1.82) is 0 Å². The van der Waals surface area contributed by atoms with Gasteiger partial charge in [0, 0.05) is 45.7 Å². The average molecular weight is 399 g/mol. The number of carbonyl (C=O) groups is 1. The third-order valence-electron chi connectivity index (χ3n) is 5.03. The number of amides is 1. The van der Waals surface area contributed by atoms with E-state index in [4.69, 9.17) is 0 Å². The normalized spacial score (nSPS) is 17.7. The zero-order chi connectivity index (χ0) is 15.6. The van der Waals surface area contributed by atoms with Crippen LogP contribution in [-0.4, -0.2) is 30.1 Å². The Morgan fingerprint density at radius 3 is 2.23 bits per heavy atom. The molecule has 1 aromatic carbocycles. The second kappa shape index (κ2) is 8.31. The number of carbonyl (C=O) groups excluding carboxylic acids is 1. The van der Waals surface area contributed by atoms with Crippen LogP contribution in [0.15, 0.2) is 12.1 Å². The monoisotopic (exact) mass is 399 g/mol.